The van der Waals surface area contributed by atoms with Crippen LogP contribution in [0.3, 0.4) is 0 Å². The predicted molar refractivity (Wildman–Crippen MR) is 67.3 cm³/mol. The molecule has 1 heterocycles. The molecule has 1 N–H and O–H groups in total. The zero-order valence-corrected chi connectivity index (χ0v) is 11.4. The van der Waals surface area contributed by atoms with Crippen molar-refractivity contribution in [3.63, 3.8) is 0 Å². The van der Waals surface area contributed by atoms with Crippen LogP contribution in [0, 0.1) is 23.7 Å². The summed E-state index contributed by atoms with van der Waals surface area (Å²) in [6, 6.07) is 0.625. The lowest BCUT2D eigenvalue weighted by molar-refractivity contribution is -0.205. The van der Waals surface area contributed by atoms with Gasteiger partial charge in [-0.2, -0.15) is 0 Å². The molecule has 16 heavy (non-hydrogen) atoms. The van der Waals surface area contributed by atoms with E-state index in [1.807, 2.05) is 0 Å². The van der Waals surface area contributed by atoms with Gasteiger partial charge in [0.05, 0.1) is 5.60 Å². The van der Waals surface area contributed by atoms with Gasteiger partial charge in [0, 0.05) is 25.0 Å². The summed E-state index contributed by atoms with van der Waals surface area (Å²) in [5, 5.41) is 10.9. The quantitative estimate of drug-likeness (QED) is 0.797. The van der Waals surface area contributed by atoms with Crippen molar-refractivity contribution < 1.29 is 5.11 Å². The minimum atomic E-state index is -0.386. The highest BCUT2D eigenvalue weighted by Crippen LogP contribution is 2.57. The lowest BCUT2D eigenvalue weighted by Crippen LogP contribution is -2.64. The van der Waals surface area contributed by atoms with Gasteiger partial charge in [-0.15, -0.1) is 0 Å². The van der Waals surface area contributed by atoms with Crippen molar-refractivity contribution in [1.82, 2.24) is 4.90 Å². The number of nitrogens with zero attached hydrogens (tertiary/aromatic N) is 1. The van der Waals surface area contributed by atoms with Crippen LogP contribution in [0.1, 0.15) is 41.0 Å². The molecule has 2 fully saturated rings. The van der Waals surface area contributed by atoms with Gasteiger partial charge in [-0.05, 0) is 31.6 Å². The van der Waals surface area contributed by atoms with E-state index in [9.17, 15) is 5.11 Å². The normalized spacial score (nSPS) is 43.9. The molecule has 2 nitrogen and oxygen atoms in total. The molecule has 4 unspecified atom stereocenters. The first kappa shape index (κ1) is 12.4. The molecule has 2 rings (SSSR count). The molecule has 0 spiro atoms. The number of hydrogen-bond donors (Lipinski definition) is 1. The highest BCUT2D eigenvalue weighted by atomic mass is 16.3. The van der Waals surface area contributed by atoms with E-state index in [0.717, 1.165) is 18.9 Å². The predicted octanol–water partition coefficient (Wildman–Crippen LogP) is 2.37. The van der Waals surface area contributed by atoms with Gasteiger partial charge < -0.3 is 10.0 Å². The first-order chi connectivity index (χ1) is 7.42. The summed E-state index contributed by atoms with van der Waals surface area (Å²) in [5.74, 6) is 2.20. The molecule has 1 aliphatic carbocycles. The topological polar surface area (TPSA) is 23.5 Å². The average Bonchev–Trinajstić information content (AvgIpc) is 2.58. The van der Waals surface area contributed by atoms with Crippen molar-refractivity contribution in [1.29, 1.82) is 0 Å². The van der Waals surface area contributed by atoms with Crippen LogP contribution in [0.15, 0.2) is 0 Å². The highest BCUT2D eigenvalue weighted by Gasteiger charge is 2.64. The zero-order valence-electron chi connectivity index (χ0n) is 11.4. The summed E-state index contributed by atoms with van der Waals surface area (Å²) in [7, 11) is 0. The summed E-state index contributed by atoms with van der Waals surface area (Å²) < 4.78 is 0. The molecule has 0 radical (unpaired) electrons. The van der Waals surface area contributed by atoms with Crippen LogP contribution >= 0.6 is 0 Å². The molecular formula is C14H27NO. The van der Waals surface area contributed by atoms with Crippen LogP contribution in [0.5, 0.6) is 0 Å². The van der Waals surface area contributed by atoms with E-state index in [2.05, 4.69) is 39.5 Å². The second-order valence-electron chi connectivity index (χ2n) is 6.37. The van der Waals surface area contributed by atoms with Gasteiger partial charge in [-0.25, -0.2) is 0 Å². The third-order valence-electron chi connectivity index (χ3n) is 5.19. The summed E-state index contributed by atoms with van der Waals surface area (Å²) in [4.78, 5) is 2.54. The first-order valence-electron chi connectivity index (χ1n) is 6.89. The molecule has 1 saturated carbocycles. The fraction of sp³-hybridized carbons (Fsp3) is 1.00. The number of rotatable bonds is 3. The molecule has 1 saturated heterocycles. The number of hydrogen-bond acceptors (Lipinski definition) is 2. The van der Waals surface area contributed by atoms with Crippen molar-refractivity contribution in [3.8, 4) is 0 Å². The number of likely N-dealkylation sites (tertiary alicyclic amines) is 1. The third-order valence-corrected chi connectivity index (χ3v) is 5.19. The smallest absolute Gasteiger partial charge is 0.0745 e. The van der Waals surface area contributed by atoms with E-state index in [-0.39, 0.29) is 5.60 Å². The molecule has 0 aromatic carbocycles. The molecule has 4 atom stereocenters. The summed E-state index contributed by atoms with van der Waals surface area (Å²) >= 11 is 0. The Bertz CT molecular complexity index is 263. The zero-order chi connectivity index (χ0) is 12.1. The number of aliphatic hydroxyl groups is 1. The van der Waals surface area contributed by atoms with Crippen LogP contribution < -0.4 is 0 Å². The summed E-state index contributed by atoms with van der Waals surface area (Å²) in [6.07, 6.45) is 1.13. The lowest BCUT2D eigenvalue weighted by atomic mass is 9.50. The maximum Gasteiger partial charge on any atom is 0.0745 e. The second-order valence-corrected chi connectivity index (χ2v) is 6.37. The summed E-state index contributed by atoms with van der Waals surface area (Å²) in [5.41, 5.74) is -0.386. The highest BCUT2D eigenvalue weighted by molar-refractivity contribution is 5.14. The molecule has 1 aliphatic heterocycles. The van der Waals surface area contributed by atoms with E-state index in [1.54, 1.807) is 0 Å². The molecule has 0 amide bonds. The van der Waals surface area contributed by atoms with Gasteiger partial charge in [0.1, 0.15) is 0 Å². The Morgan fingerprint density at radius 1 is 1.25 bits per heavy atom. The minimum Gasteiger partial charge on any atom is -0.389 e. The fourth-order valence-corrected chi connectivity index (χ4v) is 4.16. The van der Waals surface area contributed by atoms with Crippen LogP contribution in [0.4, 0.5) is 0 Å². The Labute approximate surface area is 100 Å². The maximum absolute atomic E-state index is 10.9. The Kier molecular flexibility index (Phi) is 3.09. The van der Waals surface area contributed by atoms with E-state index >= 15 is 0 Å². The van der Waals surface area contributed by atoms with Gasteiger partial charge in [-0.1, -0.05) is 27.2 Å². The van der Waals surface area contributed by atoms with Crippen LogP contribution in [0.25, 0.3) is 0 Å². The first-order valence-corrected chi connectivity index (χ1v) is 6.89. The Morgan fingerprint density at radius 2 is 1.88 bits per heavy atom. The van der Waals surface area contributed by atoms with Crippen molar-refractivity contribution in [2.75, 3.05) is 13.1 Å². The molecule has 0 bridgehead atoms. The Hall–Kier alpha value is -0.0800. The molecule has 0 aromatic heterocycles. The molecule has 2 heteroatoms. The third kappa shape index (κ3) is 1.46. The van der Waals surface area contributed by atoms with Crippen molar-refractivity contribution in [2.24, 2.45) is 23.7 Å². The van der Waals surface area contributed by atoms with Gasteiger partial charge in [0.25, 0.3) is 0 Å². The average molecular weight is 225 g/mol. The standard InChI is InChI=1S/C14H27NO/c1-6-12-11-7-15(10(4)5)8-13(11)14(12,16)9(2)3/h9-13,16H,6-8H2,1-5H3. The SMILES string of the molecule is CCC1C2CN(C(C)C)CC2C1(O)C(C)C. The molecule has 0 aromatic rings. The van der Waals surface area contributed by atoms with E-state index in [4.69, 9.17) is 0 Å². The van der Waals surface area contributed by atoms with Gasteiger partial charge in [0.15, 0.2) is 0 Å². The lowest BCUT2D eigenvalue weighted by Gasteiger charge is -2.58. The van der Waals surface area contributed by atoms with Gasteiger partial charge >= 0.3 is 0 Å². The van der Waals surface area contributed by atoms with Crippen LogP contribution in [-0.4, -0.2) is 34.7 Å². The largest absolute Gasteiger partial charge is 0.389 e. The maximum atomic E-state index is 10.9. The minimum absolute atomic E-state index is 0.386. The van der Waals surface area contributed by atoms with Crippen molar-refractivity contribution in [2.45, 2.75) is 52.7 Å². The molecular weight excluding hydrogens is 198 g/mol. The van der Waals surface area contributed by atoms with Crippen molar-refractivity contribution >= 4 is 0 Å². The van der Waals surface area contributed by atoms with Crippen LogP contribution in [0.2, 0.25) is 0 Å². The number of fused-ring (bicyclic) bond motifs is 1. The van der Waals surface area contributed by atoms with Gasteiger partial charge in [-0.3, -0.25) is 0 Å². The Morgan fingerprint density at radius 3 is 2.31 bits per heavy atom. The molecule has 94 valence electrons. The van der Waals surface area contributed by atoms with Gasteiger partial charge in [0.2, 0.25) is 0 Å². The fourth-order valence-electron chi connectivity index (χ4n) is 4.16. The van der Waals surface area contributed by atoms with Crippen LogP contribution in [-0.2, 0) is 0 Å². The second kappa shape index (κ2) is 3.99. The summed E-state index contributed by atoms with van der Waals surface area (Å²) in [6.45, 7) is 13.4. The Balaban J connectivity index is 2.14. The molecule has 2 aliphatic rings. The van der Waals surface area contributed by atoms with E-state index < -0.39 is 0 Å². The van der Waals surface area contributed by atoms with Crippen molar-refractivity contribution in [3.05, 3.63) is 0 Å². The monoisotopic (exact) mass is 225 g/mol. The van der Waals surface area contributed by atoms with E-state index in [0.29, 0.717) is 23.8 Å². The van der Waals surface area contributed by atoms with E-state index in [1.165, 1.54) is 6.54 Å².